The largest absolute Gasteiger partial charge is 0.306 e. The van der Waals surface area contributed by atoms with Crippen molar-refractivity contribution in [1.82, 2.24) is 20.3 Å². The summed E-state index contributed by atoms with van der Waals surface area (Å²) in [5.41, 5.74) is 2.22. The van der Waals surface area contributed by atoms with Crippen LogP contribution in [0.5, 0.6) is 0 Å². The molecule has 0 unspecified atom stereocenters. The predicted octanol–water partition coefficient (Wildman–Crippen LogP) is 2.60. The molecular weight excluding hydrogens is 243 g/mol. The van der Waals surface area contributed by atoms with Crippen LogP contribution in [0.15, 0.2) is 24.4 Å². The second kappa shape index (κ2) is 5.09. The van der Waals surface area contributed by atoms with Gasteiger partial charge in [-0.1, -0.05) is 11.3 Å². The van der Waals surface area contributed by atoms with Crippen LogP contribution in [0.2, 0.25) is 0 Å². The van der Waals surface area contributed by atoms with Crippen LogP contribution in [0.4, 0.5) is 4.39 Å². The van der Waals surface area contributed by atoms with Gasteiger partial charge in [-0.3, -0.25) is 0 Å². The topological polar surface area (TPSA) is 42.7 Å². The van der Waals surface area contributed by atoms with Crippen LogP contribution in [0.1, 0.15) is 32.0 Å². The molecule has 2 rings (SSSR count). The molecule has 4 nitrogen and oxygen atoms in total. The van der Waals surface area contributed by atoms with Gasteiger partial charge in [0.15, 0.2) is 0 Å². The van der Waals surface area contributed by atoms with E-state index in [0.29, 0.717) is 17.8 Å². The fraction of sp³-hybridized carbons (Fsp3) is 0.429. The SMILES string of the molecule is Cc1ccc(-n2nncc2CNC(C)(C)C)cc1F. The van der Waals surface area contributed by atoms with Crippen molar-refractivity contribution < 1.29 is 4.39 Å². The van der Waals surface area contributed by atoms with Crippen LogP contribution in [-0.2, 0) is 6.54 Å². The van der Waals surface area contributed by atoms with E-state index in [4.69, 9.17) is 0 Å². The number of hydrogen-bond donors (Lipinski definition) is 1. The summed E-state index contributed by atoms with van der Waals surface area (Å²) in [6.45, 7) is 8.64. The molecule has 1 N–H and O–H groups in total. The molecule has 0 spiro atoms. The molecule has 0 fully saturated rings. The molecule has 0 radical (unpaired) electrons. The second-order valence-electron chi connectivity index (χ2n) is 5.67. The van der Waals surface area contributed by atoms with Gasteiger partial charge in [0.25, 0.3) is 0 Å². The molecule has 0 saturated carbocycles. The first-order chi connectivity index (χ1) is 8.87. The maximum absolute atomic E-state index is 13.6. The second-order valence-corrected chi connectivity index (χ2v) is 5.67. The van der Waals surface area contributed by atoms with Gasteiger partial charge in [-0.05, 0) is 45.4 Å². The van der Waals surface area contributed by atoms with Crippen molar-refractivity contribution in [1.29, 1.82) is 0 Å². The molecule has 0 atom stereocenters. The maximum Gasteiger partial charge on any atom is 0.128 e. The fourth-order valence-electron chi connectivity index (χ4n) is 1.66. The van der Waals surface area contributed by atoms with E-state index < -0.39 is 0 Å². The number of rotatable bonds is 3. The van der Waals surface area contributed by atoms with E-state index in [-0.39, 0.29) is 11.4 Å². The Balaban J connectivity index is 2.26. The van der Waals surface area contributed by atoms with Gasteiger partial charge in [0.1, 0.15) is 5.82 Å². The molecule has 0 aliphatic carbocycles. The zero-order valence-corrected chi connectivity index (χ0v) is 11.7. The Hall–Kier alpha value is -1.75. The van der Waals surface area contributed by atoms with Crippen molar-refractivity contribution in [2.24, 2.45) is 0 Å². The van der Waals surface area contributed by atoms with E-state index in [0.717, 1.165) is 5.69 Å². The first kappa shape index (κ1) is 13.7. The van der Waals surface area contributed by atoms with Gasteiger partial charge in [0.05, 0.1) is 17.6 Å². The van der Waals surface area contributed by atoms with E-state index in [1.54, 1.807) is 23.9 Å². The number of aromatic nitrogens is 3. The molecule has 0 aliphatic rings. The van der Waals surface area contributed by atoms with E-state index >= 15 is 0 Å². The number of halogens is 1. The highest BCUT2D eigenvalue weighted by Gasteiger charge is 2.12. The third kappa shape index (κ3) is 3.38. The molecule has 0 bridgehead atoms. The number of hydrogen-bond acceptors (Lipinski definition) is 3. The van der Waals surface area contributed by atoms with Crippen molar-refractivity contribution in [3.05, 3.63) is 41.5 Å². The average molecular weight is 262 g/mol. The van der Waals surface area contributed by atoms with Crippen molar-refractivity contribution in [3.8, 4) is 5.69 Å². The van der Waals surface area contributed by atoms with Crippen LogP contribution < -0.4 is 5.32 Å². The normalized spacial score (nSPS) is 11.8. The molecular formula is C14H19FN4. The Morgan fingerprint density at radius 3 is 2.68 bits per heavy atom. The van der Waals surface area contributed by atoms with E-state index in [1.165, 1.54) is 6.07 Å². The summed E-state index contributed by atoms with van der Waals surface area (Å²) in [6.07, 6.45) is 1.69. The molecule has 0 aliphatic heterocycles. The average Bonchev–Trinajstić information content (AvgIpc) is 2.77. The van der Waals surface area contributed by atoms with Gasteiger partial charge in [-0.15, -0.1) is 5.10 Å². The minimum atomic E-state index is -0.234. The highest BCUT2D eigenvalue weighted by atomic mass is 19.1. The van der Waals surface area contributed by atoms with Crippen LogP contribution >= 0.6 is 0 Å². The zero-order valence-electron chi connectivity index (χ0n) is 11.7. The standard InChI is InChI=1S/C14H19FN4/c1-10-5-6-11(7-13(10)15)19-12(9-17-18-19)8-16-14(2,3)4/h5-7,9,16H,8H2,1-4H3. The van der Waals surface area contributed by atoms with Crippen LogP contribution in [0.3, 0.4) is 0 Å². The zero-order chi connectivity index (χ0) is 14.0. The summed E-state index contributed by atoms with van der Waals surface area (Å²) in [7, 11) is 0. The number of benzene rings is 1. The van der Waals surface area contributed by atoms with Crippen molar-refractivity contribution in [2.45, 2.75) is 39.8 Å². The third-order valence-electron chi connectivity index (χ3n) is 2.82. The summed E-state index contributed by atoms with van der Waals surface area (Å²) in [5.74, 6) is -0.234. The minimum Gasteiger partial charge on any atom is -0.306 e. The highest BCUT2D eigenvalue weighted by Crippen LogP contribution is 2.14. The molecule has 2 aromatic rings. The Labute approximate surface area is 112 Å². The Bertz CT molecular complexity index is 569. The van der Waals surface area contributed by atoms with Crippen molar-refractivity contribution >= 4 is 0 Å². The summed E-state index contributed by atoms with van der Waals surface area (Å²) in [4.78, 5) is 0. The van der Waals surface area contributed by atoms with Gasteiger partial charge < -0.3 is 5.32 Å². The van der Waals surface area contributed by atoms with Crippen LogP contribution in [-0.4, -0.2) is 20.5 Å². The monoisotopic (exact) mass is 262 g/mol. The molecule has 0 amide bonds. The number of nitrogens with zero attached hydrogens (tertiary/aromatic N) is 3. The quantitative estimate of drug-likeness (QED) is 0.924. The van der Waals surface area contributed by atoms with Gasteiger partial charge in [-0.25, -0.2) is 9.07 Å². The van der Waals surface area contributed by atoms with Gasteiger partial charge in [0, 0.05) is 12.1 Å². The van der Waals surface area contributed by atoms with Crippen molar-refractivity contribution in [2.75, 3.05) is 0 Å². The first-order valence-corrected chi connectivity index (χ1v) is 6.28. The lowest BCUT2D eigenvalue weighted by Gasteiger charge is -2.20. The summed E-state index contributed by atoms with van der Waals surface area (Å²) >= 11 is 0. The van der Waals surface area contributed by atoms with E-state index in [2.05, 4.69) is 36.4 Å². The number of aryl methyl sites for hydroxylation is 1. The van der Waals surface area contributed by atoms with Crippen molar-refractivity contribution in [3.63, 3.8) is 0 Å². The smallest absolute Gasteiger partial charge is 0.128 e. The molecule has 5 heteroatoms. The number of nitrogens with one attached hydrogen (secondary N) is 1. The maximum atomic E-state index is 13.6. The van der Waals surface area contributed by atoms with Gasteiger partial charge in [0.2, 0.25) is 0 Å². The highest BCUT2D eigenvalue weighted by molar-refractivity contribution is 5.35. The molecule has 0 saturated heterocycles. The Morgan fingerprint density at radius 2 is 2.05 bits per heavy atom. The Kier molecular flexibility index (Phi) is 3.66. The lowest BCUT2D eigenvalue weighted by atomic mass is 10.1. The third-order valence-corrected chi connectivity index (χ3v) is 2.82. The van der Waals surface area contributed by atoms with E-state index in [9.17, 15) is 4.39 Å². The lowest BCUT2D eigenvalue weighted by Crippen LogP contribution is -2.35. The molecule has 102 valence electrons. The Morgan fingerprint density at radius 1 is 1.32 bits per heavy atom. The van der Waals surface area contributed by atoms with Crippen LogP contribution in [0.25, 0.3) is 5.69 Å². The molecule has 1 aromatic heterocycles. The predicted molar refractivity (Wildman–Crippen MR) is 72.6 cm³/mol. The van der Waals surface area contributed by atoms with E-state index in [1.807, 2.05) is 6.07 Å². The fourth-order valence-corrected chi connectivity index (χ4v) is 1.66. The summed E-state index contributed by atoms with van der Waals surface area (Å²) in [5, 5.41) is 11.3. The molecule has 1 aromatic carbocycles. The molecule has 19 heavy (non-hydrogen) atoms. The summed E-state index contributed by atoms with van der Waals surface area (Å²) < 4.78 is 15.3. The lowest BCUT2D eigenvalue weighted by molar-refractivity contribution is 0.418. The first-order valence-electron chi connectivity index (χ1n) is 6.28. The van der Waals surface area contributed by atoms with Gasteiger partial charge in [-0.2, -0.15) is 0 Å². The summed E-state index contributed by atoms with van der Waals surface area (Å²) in [6, 6.07) is 5.06. The van der Waals surface area contributed by atoms with Gasteiger partial charge >= 0.3 is 0 Å². The molecule has 1 heterocycles. The van der Waals surface area contributed by atoms with Crippen LogP contribution in [0, 0.1) is 12.7 Å². The minimum absolute atomic E-state index is 0.00757.